The SMILES string of the molecule is C1CCC2CCCCC2C1.CCCCCCCCOC(=O)c1cc(O)c(O)c(O)c1. The highest BCUT2D eigenvalue weighted by Crippen LogP contribution is 2.40. The number of hydrogen-bond donors (Lipinski definition) is 3. The number of fused-ring (bicyclic) bond motifs is 1. The highest BCUT2D eigenvalue weighted by atomic mass is 16.5. The molecule has 1 aromatic carbocycles. The second-order valence-electron chi connectivity index (χ2n) is 8.86. The van der Waals surface area contributed by atoms with Crippen LogP contribution in [0.15, 0.2) is 12.1 Å². The number of phenolic OH excluding ortho intramolecular Hbond substituents is 3. The Morgan fingerprint density at radius 2 is 1.30 bits per heavy atom. The van der Waals surface area contributed by atoms with Gasteiger partial charge in [-0.25, -0.2) is 4.79 Å². The van der Waals surface area contributed by atoms with E-state index in [2.05, 4.69) is 6.92 Å². The van der Waals surface area contributed by atoms with Crippen molar-refractivity contribution in [3.05, 3.63) is 17.7 Å². The van der Waals surface area contributed by atoms with Crippen LogP contribution in [-0.2, 0) is 4.74 Å². The summed E-state index contributed by atoms with van der Waals surface area (Å²) < 4.78 is 5.04. The number of esters is 1. The van der Waals surface area contributed by atoms with E-state index < -0.39 is 23.2 Å². The Balaban J connectivity index is 0.000000263. The number of aromatic hydroxyl groups is 3. The zero-order valence-electron chi connectivity index (χ0n) is 18.6. The zero-order valence-corrected chi connectivity index (χ0v) is 18.6. The fourth-order valence-electron chi connectivity index (χ4n) is 4.71. The van der Waals surface area contributed by atoms with E-state index >= 15 is 0 Å². The maximum Gasteiger partial charge on any atom is 0.338 e. The predicted octanol–water partition coefficient (Wildman–Crippen LogP) is 6.69. The van der Waals surface area contributed by atoms with Crippen LogP contribution in [-0.4, -0.2) is 27.9 Å². The smallest absolute Gasteiger partial charge is 0.338 e. The third-order valence-electron chi connectivity index (χ3n) is 6.50. The molecule has 0 radical (unpaired) electrons. The van der Waals surface area contributed by atoms with E-state index in [0.717, 1.165) is 43.2 Å². The minimum atomic E-state index is -0.641. The lowest BCUT2D eigenvalue weighted by Crippen LogP contribution is -2.22. The first-order chi connectivity index (χ1) is 14.5. The molecule has 0 saturated heterocycles. The number of hydrogen-bond acceptors (Lipinski definition) is 5. The van der Waals surface area contributed by atoms with Crippen LogP contribution in [0.25, 0.3) is 0 Å². The summed E-state index contributed by atoms with van der Waals surface area (Å²) in [6.07, 6.45) is 18.9. The molecule has 0 unspecified atom stereocenters. The van der Waals surface area contributed by atoms with Gasteiger partial charge in [0.15, 0.2) is 17.2 Å². The number of unbranched alkanes of at least 4 members (excludes halogenated alkanes) is 5. The molecule has 3 rings (SSSR count). The third-order valence-corrected chi connectivity index (χ3v) is 6.50. The Labute approximate surface area is 181 Å². The van der Waals surface area contributed by atoms with Crippen LogP contribution in [0.4, 0.5) is 0 Å². The molecule has 0 aliphatic heterocycles. The Morgan fingerprint density at radius 3 is 1.80 bits per heavy atom. The molecule has 0 heterocycles. The van der Waals surface area contributed by atoms with E-state index in [0.29, 0.717) is 6.61 Å². The zero-order chi connectivity index (χ0) is 21.8. The van der Waals surface area contributed by atoms with Gasteiger partial charge in [-0.15, -0.1) is 0 Å². The van der Waals surface area contributed by atoms with Gasteiger partial charge in [0, 0.05) is 0 Å². The molecule has 3 N–H and O–H groups in total. The third kappa shape index (κ3) is 8.08. The van der Waals surface area contributed by atoms with Crippen molar-refractivity contribution < 1.29 is 24.9 Å². The molecular formula is C25H40O5. The first kappa shape index (κ1) is 24.4. The number of benzene rings is 1. The normalized spacial score (nSPS) is 20.6. The van der Waals surface area contributed by atoms with Crippen molar-refractivity contribution in [2.45, 2.75) is 96.8 Å². The molecule has 0 amide bonds. The lowest BCUT2D eigenvalue weighted by Gasteiger charge is -2.35. The summed E-state index contributed by atoms with van der Waals surface area (Å²) in [5.74, 6) is -0.0420. The van der Waals surface area contributed by atoms with E-state index in [9.17, 15) is 20.1 Å². The molecule has 170 valence electrons. The number of ether oxygens (including phenoxy) is 1. The minimum Gasteiger partial charge on any atom is -0.504 e. The van der Waals surface area contributed by atoms with Crippen LogP contribution in [0, 0.1) is 11.8 Å². The predicted molar refractivity (Wildman–Crippen MR) is 119 cm³/mol. The quantitative estimate of drug-likeness (QED) is 0.248. The average Bonchev–Trinajstić information content (AvgIpc) is 2.77. The number of rotatable bonds is 8. The van der Waals surface area contributed by atoms with Crippen LogP contribution >= 0.6 is 0 Å². The fourth-order valence-corrected chi connectivity index (χ4v) is 4.71. The largest absolute Gasteiger partial charge is 0.504 e. The van der Waals surface area contributed by atoms with E-state index in [-0.39, 0.29) is 5.56 Å². The summed E-state index contributed by atoms with van der Waals surface area (Å²) in [5, 5.41) is 27.8. The number of phenols is 3. The van der Waals surface area contributed by atoms with Gasteiger partial charge in [0.1, 0.15) is 0 Å². The van der Waals surface area contributed by atoms with Crippen LogP contribution in [0.2, 0.25) is 0 Å². The van der Waals surface area contributed by atoms with Gasteiger partial charge in [-0.3, -0.25) is 0 Å². The maximum absolute atomic E-state index is 11.7. The van der Waals surface area contributed by atoms with Gasteiger partial charge in [-0.1, -0.05) is 90.4 Å². The van der Waals surface area contributed by atoms with Crippen molar-refractivity contribution in [2.24, 2.45) is 11.8 Å². The van der Waals surface area contributed by atoms with Crippen molar-refractivity contribution in [2.75, 3.05) is 6.61 Å². The second-order valence-corrected chi connectivity index (χ2v) is 8.86. The molecular weight excluding hydrogens is 380 g/mol. The lowest BCUT2D eigenvalue weighted by molar-refractivity contribution is 0.0496. The molecule has 5 nitrogen and oxygen atoms in total. The van der Waals surface area contributed by atoms with Crippen molar-refractivity contribution >= 4 is 5.97 Å². The Hall–Kier alpha value is -1.91. The first-order valence-corrected chi connectivity index (χ1v) is 11.9. The standard InChI is InChI=1S/C15H22O5.C10H18/c1-2-3-4-5-6-7-8-20-15(19)11-9-12(16)14(18)13(17)10-11;1-2-6-10-8-4-3-7-9(10)5-1/h9-10,16-18H,2-8H2,1H3;9-10H,1-8H2. The van der Waals surface area contributed by atoms with Crippen LogP contribution in [0.5, 0.6) is 17.2 Å². The van der Waals surface area contributed by atoms with Crippen molar-refractivity contribution in [3.8, 4) is 17.2 Å². The molecule has 2 aliphatic carbocycles. The molecule has 0 atom stereocenters. The van der Waals surface area contributed by atoms with Crippen LogP contribution < -0.4 is 0 Å². The van der Waals surface area contributed by atoms with Crippen LogP contribution in [0.1, 0.15) is 107 Å². The molecule has 2 aliphatic rings. The van der Waals surface area contributed by atoms with Gasteiger partial charge in [0.05, 0.1) is 12.2 Å². The van der Waals surface area contributed by atoms with Crippen molar-refractivity contribution in [1.82, 2.24) is 0 Å². The maximum atomic E-state index is 11.7. The Bertz CT molecular complexity index is 593. The average molecular weight is 421 g/mol. The number of carbonyl (C=O) groups is 1. The highest BCUT2D eigenvalue weighted by molar-refractivity contribution is 5.91. The summed E-state index contributed by atoms with van der Waals surface area (Å²) in [5.41, 5.74) is 0.0174. The van der Waals surface area contributed by atoms with Gasteiger partial charge in [0.2, 0.25) is 0 Å². The Kier molecular flexibility index (Phi) is 10.9. The monoisotopic (exact) mass is 420 g/mol. The van der Waals surface area contributed by atoms with Crippen molar-refractivity contribution in [3.63, 3.8) is 0 Å². The van der Waals surface area contributed by atoms with Crippen LogP contribution in [0.3, 0.4) is 0 Å². The van der Waals surface area contributed by atoms with Gasteiger partial charge in [0.25, 0.3) is 0 Å². The summed E-state index contributed by atoms with van der Waals surface area (Å²) in [6.45, 7) is 2.47. The molecule has 1 aromatic rings. The Morgan fingerprint density at radius 1 is 0.833 bits per heavy atom. The molecule has 2 fully saturated rings. The molecule has 0 aromatic heterocycles. The fraction of sp³-hybridized carbons (Fsp3) is 0.720. The van der Waals surface area contributed by atoms with E-state index in [1.807, 2.05) is 0 Å². The second kappa shape index (κ2) is 13.4. The summed E-state index contributed by atoms with van der Waals surface area (Å²) in [7, 11) is 0. The highest BCUT2D eigenvalue weighted by Gasteiger charge is 2.26. The topological polar surface area (TPSA) is 87.0 Å². The van der Waals surface area contributed by atoms with Crippen molar-refractivity contribution in [1.29, 1.82) is 0 Å². The molecule has 30 heavy (non-hydrogen) atoms. The minimum absolute atomic E-state index is 0.0174. The molecule has 2 saturated carbocycles. The van der Waals surface area contributed by atoms with E-state index in [1.165, 1.54) is 44.9 Å². The molecule has 5 heteroatoms. The van der Waals surface area contributed by atoms with Gasteiger partial charge in [-0.05, 0) is 30.4 Å². The molecule has 0 bridgehead atoms. The van der Waals surface area contributed by atoms with Gasteiger partial charge < -0.3 is 20.1 Å². The summed E-state index contributed by atoms with van der Waals surface area (Å²) in [6, 6.07) is 2.14. The van der Waals surface area contributed by atoms with Gasteiger partial charge in [-0.2, -0.15) is 0 Å². The molecule has 0 spiro atoms. The van der Waals surface area contributed by atoms with E-state index in [1.54, 1.807) is 25.7 Å². The lowest BCUT2D eigenvalue weighted by atomic mass is 9.71. The summed E-state index contributed by atoms with van der Waals surface area (Å²) >= 11 is 0. The number of carbonyl (C=O) groups excluding carboxylic acids is 1. The van der Waals surface area contributed by atoms with E-state index in [4.69, 9.17) is 4.74 Å². The van der Waals surface area contributed by atoms with Gasteiger partial charge >= 0.3 is 5.97 Å². The summed E-state index contributed by atoms with van der Waals surface area (Å²) in [4.78, 5) is 11.7. The first-order valence-electron chi connectivity index (χ1n) is 11.9.